The van der Waals surface area contributed by atoms with E-state index in [4.69, 9.17) is 5.11 Å². The van der Waals surface area contributed by atoms with Crippen LogP contribution in [0.1, 0.15) is 29.8 Å². The van der Waals surface area contributed by atoms with E-state index in [0.717, 1.165) is 23.1 Å². The Kier molecular flexibility index (Phi) is 4.98. The number of benzene rings is 1. The van der Waals surface area contributed by atoms with Gasteiger partial charge in [-0.3, -0.25) is 4.79 Å². The van der Waals surface area contributed by atoms with Crippen molar-refractivity contribution in [1.29, 1.82) is 0 Å². The van der Waals surface area contributed by atoms with Gasteiger partial charge in [0.2, 0.25) is 0 Å². The zero-order valence-electron chi connectivity index (χ0n) is 11.8. The Balaban J connectivity index is 3.11. The molecule has 7 heteroatoms. The average molecular weight is 303 g/mol. The van der Waals surface area contributed by atoms with Crippen LogP contribution < -0.4 is 0 Å². The highest BCUT2D eigenvalue weighted by molar-refractivity contribution is 5.96. The second kappa shape index (κ2) is 6.15. The monoisotopic (exact) mass is 303 g/mol. The summed E-state index contributed by atoms with van der Waals surface area (Å²) >= 11 is 0. The maximum Gasteiger partial charge on any atom is 0.416 e. The summed E-state index contributed by atoms with van der Waals surface area (Å²) in [5.41, 5.74) is -1.14. The van der Waals surface area contributed by atoms with Crippen LogP contribution in [-0.2, 0) is 11.0 Å². The molecule has 1 atom stereocenters. The van der Waals surface area contributed by atoms with Crippen LogP contribution in [-0.4, -0.2) is 35.0 Å². The van der Waals surface area contributed by atoms with Gasteiger partial charge in [-0.25, -0.2) is 4.79 Å². The lowest BCUT2D eigenvalue weighted by molar-refractivity contribution is -0.143. The maximum atomic E-state index is 12.6. The molecule has 0 aliphatic carbocycles. The lowest BCUT2D eigenvalue weighted by Crippen LogP contribution is -2.45. The molecular formula is C14H16F3NO3. The molecule has 21 heavy (non-hydrogen) atoms. The van der Waals surface area contributed by atoms with Crippen LogP contribution in [0.2, 0.25) is 0 Å². The van der Waals surface area contributed by atoms with Crippen molar-refractivity contribution in [1.82, 2.24) is 4.90 Å². The summed E-state index contributed by atoms with van der Waals surface area (Å²) in [6.45, 7) is 3.24. The Morgan fingerprint density at radius 1 is 1.24 bits per heavy atom. The van der Waals surface area contributed by atoms with Gasteiger partial charge >= 0.3 is 12.1 Å². The highest BCUT2D eigenvalue weighted by Gasteiger charge is 2.33. The molecular weight excluding hydrogens is 287 g/mol. The minimum atomic E-state index is -4.56. The molecule has 0 spiro atoms. The molecule has 116 valence electrons. The van der Waals surface area contributed by atoms with Crippen molar-refractivity contribution in [3.05, 3.63) is 35.4 Å². The first-order chi connectivity index (χ1) is 9.55. The number of hydrogen-bond acceptors (Lipinski definition) is 2. The first-order valence-corrected chi connectivity index (χ1v) is 6.23. The topological polar surface area (TPSA) is 57.6 Å². The Morgan fingerprint density at radius 3 is 2.24 bits per heavy atom. The lowest BCUT2D eigenvalue weighted by Gasteiger charge is -2.28. The number of likely N-dealkylation sites (N-methyl/N-ethyl adjacent to an activating group) is 1. The van der Waals surface area contributed by atoms with Crippen molar-refractivity contribution in [3.8, 4) is 0 Å². The fourth-order valence-corrected chi connectivity index (χ4v) is 2.06. The highest BCUT2D eigenvalue weighted by Crippen LogP contribution is 2.29. The summed E-state index contributed by atoms with van der Waals surface area (Å²) in [4.78, 5) is 24.3. The smallest absolute Gasteiger partial charge is 0.416 e. The van der Waals surface area contributed by atoms with E-state index in [1.165, 1.54) is 13.1 Å². The Bertz CT molecular complexity index is 541. The second-order valence-electron chi connectivity index (χ2n) is 5.02. The molecule has 0 aromatic heterocycles. The summed E-state index contributed by atoms with van der Waals surface area (Å²) in [5.74, 6) is -2.34. The van der Waals surface area contributed by atoms with E-state index >= 15 is 0 Å². The van der Waals surface area contributed by atoms with Crippen LogP contribution in [0, 0.1) is 5.92 Å². The van der Waals surface area contributed by atoms with Crippen LogP contribution in [0.15, 0.2) is 24.3 Å². The summed E-state index contributed by atoms with van der Waals surface area (Å²) in [7, 11) is 1.27. The van der Waals surface area contributed by atoms with Gasteiger partial charge in [-0.1, -0.05) is 19.9 Å². The van der Waals surface area contributed by atoms with Crippen LogP contribution in [0.4, 0.5) is 13.2 Å². The van der Waals surface area contributed by atoms with Gasteiger partial charge < -0.3 is 10.0 Å². The van der Waals surface area contributed by atoms with Gasteiger partial charge in [0, 0.05) is 12.6 Å². The zero-order valence-corrected chi connectivity index (χ0v) is 11.8. The van der Waals surface area contributed by atoms with Gasteiger partial charge in [0.05, 0.1) is 5.56 Å². The number of carbonyl (C=O) groups excluding carboxylic acids is 1. The number of amides is 1. The van der Waals surface area contributed by atoms with Crippen molar-refractivity contribution < 1.29 is 27.9 Å². The Morgan fingerprint density at radius 2 is 1.81 bits per heavy atom. The molecule has 4 nitrogen and oxygen atoms in total. The lowest BCUT2D eigenvalue weighted by atomic mass is 10.0. The van der Waals surface area contributed by atoms with Crippen molar-refractivity contribution in [2.75, 3.05) is 7.05 Å². The highest BCUT2D eigenvalue weighted by atomic mass is 19.4. The van der Waals surface area contributed by atoms with E-state index in [0.29, 0.717) is 0 Å². The van der Waals surface area contributed by atoms with Gasteiger partial charge in [0.15, 0.2) is 0 Å². The number of aliphatic carboxylic acids is 1. The number of alkyl halides is 3. The van der Waals surface area contributed by atoms with Crippen LogP contribution in [0.25, 0.3) is 0 Å². The molecule has 0 aliphatic rings. The third kappa shape index (κ3) is 3.96. The summed E-state index contributed by atoms with van der Waals surface area (Å²) in [5, 5.41) is 9.12. The number of rotatable bonds is 4. The molecule has 1 unspecified atom stereocenters. The van der Waals surface area contributed by atoms with Crippen LogP contribution >= 0.6 is 0 Å². The number of hydrogen-bond donors (Lipinski definition) is 1. The van der Waals surface area contributed by atoms with E-state index in [1.54, 1.807) is 13.8 Å². The van der Waals surface area contributed by atoms with Crippen LogP contribution in [0.5, 0.6) is 0 Å². The van der Waals surface area contributed by atoms with Crippen molar-refractivity contribution >= 4 is 11.9 Å². The van der Waals surface area contributed by atoms with E-state index in [9.17, 15) is 22.8 Å². The Labute approximate surface area is 120 Å². The largest absolute Gasteiger partial charge is 0.480 e. The molecule has 0 radical (unpaired) electrons. The normalized spacial score (nSPS) is 13.1. The molecule has 0 saturated carbocycles. The van der Waals surface area contributed by atoms with Crippen molar-refractivity contribution in [2.45, 2.75) is 26.1 Å². The number of carbonyl (C=O) groups is 2. The first kappa shape index (κ1) is 17.0. The summed E-state index contributed by atoms with van der Waals surface area (Å²) in [6, 6.07) is 2.82. The maximum absolute atomic E-state index is 12.6. The second-order valence-corrected chi connectivity index (χ2v) is 5.02. The molecule has 0 bridgehead atoms. The molecule has 1 aromatic carbocycles. The fourth-order valence-electron chi connectivity index (χ4n) is 2.06. The molecule has 0 saturated heterocycles. The number of halogens is 3. The fraction of sp³-hybridized carbons (Fsp3) is 0.429. The van der Waals surface area contributed by atoms with Crippen molar-refractivity contribution in [3.63, 3.8) is 0 Å². The van der Waals surface area contributed by atoms with E-state index < -0.39 is 29.7 Å². The molecule has 1 rings (SSSR count). The summed E-state index contributed by atoms with van der Waals surface area (Å²) < 4.78 is 37.9. The van der Waals surface area contributed by atoms with Gasteiger partial charge in [0.25, 0.3) is 5.91 Å². The van der Waals surface area contributed by atoms with Gasteiger partial charge in [-0.15, -0.1) is 0 Å². The molecule has 0 heterocycles. The van der Waals surface area contributed by atoms with Crippen LogP contribution in [0.3, 0.4) is 0 Å². The van der Waals surface area contributed by atoms with E-state index in [-0.39, 0.29) is 11.5 Å². The van der Waals surface area contributed by atoms with E-state index in [1.807, 2.05) is 0 Å². The average Bonchev–Trinajstić information content (AvgIpc) is 2.36. The summed E-state index contributed by atoms with van der Waals surface area (Å²) in [6.07, 6.45) is -4.56. The quantitative estimate of drug-likeness (QED) is 0.930. The molecule has 1 aromatic rings. The predicted octanol–water partition coefficient (Wildman–Crippen LogP) is 2.89. The van der Waals surface area contributed by atoms with Gasteiger partial charge in [-0.2, -0.15) is 13.2 Å². The zero-order chi connectivity index (χ0) is 16.4. The minimum Gasteiger partial charge on any atom is -0.480 e. The van der Waals surface area contributed by atoms with Gasteiger partial charge in [-0.05, 0) is 24.1 Å². The number of carboxylic acid groups (broad SMARTS) is 1. The number of carboxylic acids is 1. The first-order valence-electron chi connectivity index (χ1n) is 6.23. The Hall–Kier alpha value is -2.05. The minimum absolute atomic E-state index is 0.195. The molecule has 0 fully saturated rings. The number of nitrogens with zero attached hydrogens (tertiary/aromatic N) is 1. The van der Waals surface area contributed by atoms with E-state index in [2.05, 4.69) is 0 Å². The standard InChI is InChI=1S/C14H16F3NO3/c1-8(2)11(13(20)21)18(3)12(19)9-5-4-6-10(7-9)14(15,16)17/h4-8,11H,1-3H3,(H,20,21). The third-order valence-electron chi connectivity index (χ3n) is 3.06. The van der Waals surface area contributed by atoms with Crippen molar-refractivity contribution in [2.24, 2.45) is 5.92 Å². The SMILES string of the molecule is CC(C)C(C(=O)O)N(C)C(=O)c1cccc(C(F)(F)F)c1. The van der Waals surface area contributed by atoms with Gasteiger partial charge in [0.1, 0.15) is 6.04 Å². The molecule has 1 N–H and O–H groups in total. The molecule has 0 aliphatic heterocycles. The third-order valence-corrected chi connectivity index (χ3v) is 3.06. The predicted molar refractivity (Wildman–Crippen MR) is 69.8 cm³/mol. The molecule has 1 amide bonds.